The number of nitrogens with one attached hydrogen (secondary N) is 2. The van der Waals surface area contributed by atoms with Crippen LogP contribution in [0, 0.1) is 20.2 Å². The number of hydrogen-bond donors (Lipinski definition) is 2. The summed E-state index contributed by atoms with van der Waals surface area (Å²) >= 11 is 0. The number of carbonyl (C=O) groups excluding carboxylic acids is 3. The molecule has 0 saturated carbocycles. The van der Waals surface area contributed by atoms with Gasteiger partial charge in [0.15, 0.2) is 6.61 Å². The first-order valence-electron chi connectivity index (χ1n) is 8.49. The Morgan fingerprint density at radius 2 is 1.43 bits per heavy atom. The van der Waals surface area contributed by atoms with E-state index in [1.807, 2.05) is 0 Å². The average molecular weight is 416 g/mol. The van der Waals surface area contributed by atoms with Gasteiger partial charge in [0, 0.05) is 42.1 Å². The highest BCUT2D eigenvalue weighted by molar-refractivity contribution is 5.94. The summed E-state index contributed by atoms with van der Waals surface area (Å²) in [4.78, 5) is 55.3. The zero-order valence-corrected chi connectivity index (χ0v) is 15.4. The van der Waals surface area contributed by atoms with Crippen molar-refractivity contribution < 1.29 is 29.0 Å². The van der Waals surface area contributed by atoms with E-state index in [0.29, 0.717) is 5.69 Å². The zero-order valence-electron chi connectivity index (χ0n) is 15.4. The molecule has 0 spiro atoms. The van der Waals surface area contributed by atoms with Crippen molar-refractivity contribution in [3.63, 3.8) is 0 Å². The van der Waals surface area contributed by atoms with Crippen LogP contribution in [0.5, 0.6) is 0 Å². The molecule has 2 aromatic rings. The SMILES string of the molecule is O=C(CCC(=O)OCC(=O)Nc1cccc([N+](=O)[O-])c1)Nc1ccc([N+](=O)[O-])cc1. The van der Waals surface area contributed by atoms with E-state index >= 15 is 0 Å². The Balaban J connectivity index is 1.71. The number of hydrogen-bond acceptors (Lipinski definition) is 8. The Kier molecular flexibility index (Phi) is 7.51. The lowest BCUT2D eigenvalue weighted by molar-refractivity contribution is -0.385. The van der Waals surface area contributed by atoms with Gasteiger partial charge in [-0.3, -0.25) is 34.6 Å². The number of non-ortho nitro benzene ring substituents is 2. The maximum atomic E-state index is 11.8. The molecule has 2 aromatic carbocycles. The highest BCUT2D eigenvalue weighted by Crippen LogP contribution is 2.17. The number of esters is 1. The Morgan fingerprint density at radius 3 is 2.07 bits per heavy atom. The minimum atomic E-state index is -0.789. The van der Waals surface area contributed by atoms with E-state index in [9.17, 15) is 34.6 Å². The third kappa shape index (κ3) is 6.99. The fourth-order valence-corrected chi connectivity index (χ4v) is 2.22. The van der Waals surface area contributed by atoms with E-state index in [2.05, 4.69) is 10.6 Å². The molecule has 30 heavy (non-hydrogen) atoms. The van der Waals surface area contributed by atoms with Crippen molar-refractivity contribution in [1.82, 2.24) is 0 Å². The largest absolute Gasteiger partial charge is 0.456 e. The van der Waals surface area contributed by atoms with Gasteiger partial charge in [-0.15, -0.1) is 0 Å². The normalized spacial score (nSPS) is 10.0. The lowest BCUT2D eigenvalue weighted by Crippen LogP contribution is -2.21. The Labute approximate surface area is 169 Å². The van der Waals surface area contributed by atoms with Crippen LogP contribution in [-0.2, 0) is 19.1 Å². The van der Waals surface area contributed by atoms with Crippen molar-refractivity contribution >= 4 is 40.5 Å². The van der Waals surface area contributed by atoms with Gasteiger partial charge >= 0.3 is 5.97 Å². The molecule has 0 saturated heterocycles. The molecule has 2 amide bonds. The topological polar surface area (TPSA) is 171 Å². The lowest BCUT2D eigenvalue weighted by atomic mass is 10.2. The van der Waals surface area contributed by atoms with Gasteiger partial charge in [0.1, 0.15) is 0 Å². The smallest absolute Gasteiger partial charge is 0.306 e. The summed E-state index contributed by atoms with van der Waals surface area (Å²) in [7, 11) is 0. The van der Waals surface area contributed by atoms with Crippen LogP contribution in [0.1, 0.15) is 12.8 Å². The first-order chi connectivity index (χ1) is 14.2. The number of rotatable bonds is 9. The number of benzene rings is 2. The second kappa shape index (κ2) is 10.3. The molecule has 0 aliphatic carbocycles. The van der Waals surface area contributed by atoms with Gasteiger partial charge in [-0.2, -0.15) is 0 Å². The molecule has 0 aliphatic heterocycles. The predicted molar refractivity (Wildman–Crippen MR) is 104 cm³/mol. The molecule has 12 nitrogen and oxygen atoms in total. The summed E-state index contributed by atoms with van der Waals surface area (Å²) in [6.07, 6.45) is -0.509. The Morgan fingerprint density at radius 1 is 0.800 bits per heavy atom. The number of anilines is 2. The van der Waals surface area contributed by atoms with Crippen molar-refractivity contribution in [2.75, 3.05) is 17.2 Å². The highest BCUT2D eigenvalue weighted by Gasteiger charge is 2.13. The van der Waals surface area contributed by atoms with Crippen molar-refractivity contribution in [2.24, 2.45) is 0 Å². The molecule has 0 aliphatic rings. The molecule has 0 radical (unpaired) electrons. The number of nitro benzene ring substituents is 2. The fraction of sp³-hybridized carbons (Fsp3) is 0.167. The number of nitrogens with zero attached hydrogens (tertiary/aromatic N) is 2. The van der Waals surface area contributed by atoms with Crippen LogP contribution in [0.4, 0.5) is 22.7 Å². The average Bonchev–Trinajstić information content (AvgIpc) is 2.71. The molecule has 0 bridgehead atoms. The van der Waals surface area contributed by atoms with E-state index < -0.39 is 34.2 Å². The van der Waals surface area contributed by atoms with Crippen molar-refractivity contribution in [3.8, 4) is 0 Å². The molecule has 0 unspecified atom stereocenters. The van der Waals surface area contributed by atoms with Crippen molar-refractivity contribution in [1.29, 1.82) is 0 Å². The first kappa shape index (κ1) is 21.9. The Bertz CT molecular complexity index is 974. The van der Waals surface area contributed by atoms with Crippen LogP contribution in [0.15, 0.2) is 48.5 Å². The fourth-order valence-electron chi connectivity index (χ4n) is 2.22. The first-order valence-corrected chi connectivity index (χ1v) is 8.49. The van der Waals surface area contributed by atoms with Crippen LogP contribution in [-0.4, -0.2) is 34.2 Å². The monoisotopic (exact) mass is 416 g/mol. The summed E-state index contributed by atoms with van der Waals surface area (Å²) < 4.78 is 4.76. The second-order valence-electron chi connectivity index (χ2n) is 5.87. The summed E-state index contributed by atoms with van der Waals surface area (Å²) in [5.41, 5.74) is 0.173. The second-order valence-corrected chi connectivity index (χ2v) is 5.87. The van der Waals surface area contributed by atoms with Crippen LogP contribution in [0.3, 0.4) is 0 Å². The van der Waals surface area contributed by atoms with Crippen LogP contribution in [0.2, 0.25) is 0 Å². The molecular weight excluding hydrogens is 400 g/mol. The maximum Gasteiger partial charge on any atom is 0.306 e. The third-order valence-electron chi connectivity index (χ3n) is 3.62. The van der Waals surface area contributed by atoms with E-state index in [-0.39, 0.29) is 29.9 Å². The molecule has 0 aromatic heterocycles. The minimum Gasteiger partial charge on any atom is -0.456 e. The van der Waals surface area contributed by atoms with Crippen LogP contribution >= 0.6 is 0 Å². The number of amides is 2. The van der Waals surface area contributed by atoms with Crippen LogP contribution in [0.25, 0.3) is 0 Å². The minimum absolute atomic E-state index is 0.125. The molecule has 0 atom stereocenters. The van der Waals surface area contributed by atoms with E-state index in [0.717, 1.165) is 6.07 Å². The summed E-state index contributed by atoms with van der Waals surface area (Å²) in [5, 5.41) is 26.1. The van der Waals surface area contributed by atoms with Gasteiger partial charge in [-0.25, -0.2) is 0 Å². The number of ether oxygens (including phenoxy) is 1. The van der Waals surface area contributed by atoms with Crippen molar-refractivity contribution in [3.05, 3.63) is 68.8 Å². The highest BCUT2D eigenvalue weighted by atomic mass is 16.6. The van der Waals surface area contributed by atoms with Gasteiger partial charge in [0.25, 0.3) is 17.3 Å². The zero-order chi connectivity index (χ0) is 22.1. The quantitative estimate of drug-likeness (QED) is 0.356. The van der Waals surface area contributed by atoms with E-state index in [4.69, 9.17) is 4.74 Å². The summed E-state index contributed by atoms with van der Waals surface area (Å²) in [6.45, 7) is -0.620. The summed E-state index contributed by atoms with van der Waals surface area (Å²) in [6, 6.07) is 10.4. The lowest BCUT2D eigenvalue weighted by Gasteiger charge is -2.07. The van der Waals surface area contributed by atoms with Gasteiger partial charge in [-0.1, -0.05) is 6.07 Å². The summed E-state index contributed by atoms with van der Waals surface area (Å²) in [5.74, 6) is -2.00. The van der Waals surface area contributed by atoms with Gasteiger partial charge in [-0.05, 0) is 18.2 Å². The predicted octanol–water partition coefficient (Wildman–Crippen LogP) is 2.40. The van der Waals surface area contributed by atoms with Gasteiger partial charge < -0.3 is 15.4 Å². The molecule has 2 rings (SSSR count). The molecule has 12 heteroatoms. The molecule has 0 fully saturated rings. The molecule has 156 valence electrons. The van der Waals surface area contributed by atoms with E-state index in [1.54, 1.807) is 0 Å². The van der Waals surface area contributed by atoms with Gasteiger partial charge in [0.2, 0.25) is 5.91 Å². The van der Waals surface area contributed by atoms with Crippen molar-refractivity contribution in [2.45, 2.75) is 12.8 Å². The standard InChI is InChI=1S/C18H16N4O8/c23-16(19-12-4-6-14(7-5-12)21(26)27)8-9-18(25)30-11-17(24)20-13-2-1-3-15(10-13)22(28)29/h1-7,10H,8-9,11H2,(H,19,23)(H,20,24). The van der Waals surface area contributed by atoms with Gasteiger partial charge in [0.05, 0.1) is 16.3 Å². The van der Waals surface area contributed by atoms with E-state index in [1.165, 1.54) is 42.5 Å². The molecule has 0 heterocycles. The number of nitro groups is 2. The number of carbonyl (C=O) groups is 3. The Hall–Kier alpha value is -4.35. The molecule has 2 N–H and O–H groups in total. The third-order valence-corrected chi connectivity index (χ3v) is 3.62. The van der Waals surface area contributed by atoms with Crippen LogP contribution < -0.4 is 10.6 Å². The molecular formula is C18H16N4O8. The maximum absolute atomic E-state index is 11.8.